The van der Waals surface area contributed by atoms with Gasteiger partial charge in [0.25, 0.3) is 0 Å². The van der Waals surface area contributed by atoms with Crippen LogP contribution in [0.3, 0.4) is 0 Å². The van der Waals surface area contributed by atoms with E-state index in [9.17, 15) is 0 Å². The van der Waals surface area contributed by atoms with E-state index in [4.69, 9.17) is 19.2 Å². The van der Waals surface area contributed by atoms with E-state index in [2.05, 4.69) is 25.8 Å². The molecule has 0 N–H and O–H groups in total. The molecule has 2 heterocycles. The summed E-state index contributed by atoms with van der Waals surface area (Å²) in [4.78, 5) is 9.99. The van der Waals surface area contributed by atoms with Crippen LogP contribution in [0, 0.1) is 5.92 Å². The Balaban J connectivity index is 1.93. The first-order chi connectivity index (χ1) is 8.72. The highest BCUT2D eigenvalue weighted by atomic mass is 17.5. The Bertz CT molecular complexity index is 246. The fourth-order valence-corrected chi connectivity index (χ4v) is 2.36. The first kappa shape index (κ1) is 14.2. The van der Waals surface area contributed by atoms with Crippen LogP contribution < -0.4 is 0 Å². The van der Waals surface area contributed by atoms with Crippen LogP contribution in [0.2, 0.25) is 0 Å². The molecule has 0 saturated carbocycles. The average Bonchev–Trinajstić information content (AvgIpc) is 2.71. The number of hydrogen-bond acceptors (Lipinski definition) is 5. The lowest BCUT2D eigenvalue weighted by atomic mass is 10.0. The largest absolute Gasteiger partial charge is 0.372 e. The Labute approximate surface area is 109 Å². The number of fused-ring (bicyclic) bond motifs is 1. The first-order valence-corrected chi connectivity index (χ1v) is 6.94. The van der Waals surface area contributed by atoms with Crippen LogP contribution in [-0.2, 0) is 24.3 Å². The van der Waals surface area contributed by atoms with Crippen molar-refractivity contribution < 1.29 is 24.3 Å². The summed E-state index contributed by atoms with van der Waals surface area (Å²) < 4.78 is 11.9. The second kappa shape index (κ2) is 6.82. The van der Waals surface area contributed by atoms with Gasteiger partial charge in [0.15, 0.2) is 6.10 Å². The molecule has 0 aromatic carbocycles. The van der Waals surface area contributed by atoms with Gasteiger partial charge in [0, 0.05) is 6.61 Å². The van der Waals surface area contributed by atoms with Gasteiger partial charge in [-0.05, 0) is 12.3 Å². The molecule has 106 valence electrons. The second-order valence-corrected chi connectivity index (χ2v) is 5.46. The second-order valence-electron chi connectivity index (χ2n) is 5.46. The van der Waals surface area contributed by atoms with E-state index < -0.39 is 0 Å². The van der Waals surface area contributed by atoms with Gasteiger partial charge in [-0.1, -0.05) is 38.7 Å². The molecular formula is C13H24O5. The van der Waals surface area contributed by atoms with Crippen LogP contribution in [0.15, 0.2) is 0 Å². The molecular weight excluding hydrogens is 236 g/mol. The number of hydrogen-bond donors (Lipinski definition) is 0. The lowest BCUT2D eigenvalue weighted by molar-refractivity contribution is -0.558. The Kier molecular flexibility index (Phi) is 5.38. The van der Waals surface area contributed by atoms with Gasteiger partial charge in [-0.2, -0.15) is 4.89 Å². The van der Waals surface area contributed by atoms with Crippen LogP contribution in [0.4, 0.5) is 0 Å². The minimum Gasteiger partial charge on any atom is -0.372 e. The summed E-state index contributed by atoms with van der Waals surface area (Å²) in [5.41, 5.74) is 0. The summed E-state index contributed by atoms with van der Waals surface area (Å²) in [5, 5.41) is 4.61. The first-order valence-electron chi connectivity index (χ1n) is 6.94. The van der Waals surface area contributed by atoms with Crippen molar-refractivity contribution in [3.05, 3.63) is 0 Å². The Morgan fingerprint density at radius 2 is 2.17 bits per heavy atom. The van der Waals surface area contributed by atoms with Crippen molar-refractivity contribution in [3.63, 3.8) is 0 Å². The topological polar surface area (TPSA) is 46.2 Å². The molecule has 2 fully saturated rings. The van der Waals surface area contributed by atoms with Gasteiger partial charge in [0.05, 0.1) is 6.10 Å². The molecule has 4 unspecified atom stereocenters. The van der Waals surface area contributed by atoms with Gasteiger partial charge in [0.1, 0.15) is 18.8 Å². The zero-order chi connectivity index (χ0) is 13.0. The molecule has 4 atom stereocenters. The minimum atomic E-state index is -0.167. The van der Waals surface area contributed by atoms with Gasteiger partial charge in [-0.15, -0.1) is 0 Å². The average molecular weight is 260 g/mol. The summed E-state index contributed by atoms with van der Waals surface area (Å²) in [6.45, 7) is 7.57. The molecule has 2 aliphatic rings. The van der Waals surface area contributed by atoms with E-state index in [0.717, 1.165) is 19.3 Å². The molecule has 2 saturated heterocycles. The zero-order valence-electron chi connectivity index (χ0n) is 11.5. The van der Waals surface area contributed by atoms with E-state index in [0.29, 0.717) is 19.1 Å². The summed E-state index contributed by atoms with van der Waals surface area (Å²) >= 11 is 0. The summed E-state index contributed by atoms with van der Waals surface area (Å²) in [6.07, 6.45) is 3.08. The minimum absolute atomic E-state index is 0.0483. The molecule has 0 aromatic rings. The molecule has 0 amide bonds. The standard InChI is InChI=1S/C13H24O5/c1-4-5-6-10-12(14-7-9(2)3)13-11(16-10)8-15-18-17-13/h9-13H,4-8H2,1-3H3. The molecule has 5 heteroatoms. The van der Waals surface area contributed by atoms with Gasteiger partial charge < -0.3 is 9.47 Å². The number of unbranched alkanes of at least 4 members (excludes halogenated alkanes) is 1. The lowest BCUT2D eigenvalue weighted by Gasteiger charge is -2.26. The van der Waals surface area contributed by atoms with E-state index in [1.807, 2.05) is 0 Å². The van der Waals surface area contributed by atoms with E-state index in [1.165, 1.54) is 0 Å². The summed E-state index contributed by atoms with van der Waals surface area (Å²) in [7, 11) is 0. The molecule has 0 radical (unpaired) electrons. The molecule has 0 aromatic heterocycles. The summed E-state index contributed by atoms with van der Waals surface area (Å²) in [5.74, 6) is 0.497. The monoisotopic (exact) mass is 260 g/mol. The molecule has 0 bridgehead atoms. The van der Waals surface area contributed by atoms with Crippen molar-refractivity contribution >= 4 is 0 Å². The van der Waals surface area contributed by atoms with Crippen molar-refractivity contribution in [1.29, 1.82) is 0 Å². The fraction of sp³-hybridized carbons (Fsp3) is 1.00. The molecule has 0 spiro atoms. The van der Waals surface area contributed by atoms with Gasteiger partial charge in [0.2, 0.25) is 0 Å². The summed E-state index contributed by atoms with van der Waals surface area (Å²) in [6, 6.07) is 0. The van der Waals surface area contributed by atoms with E-state index in [1.54, 1.807) is 0 Å². The van der Waals surface area contributed by atoms with Crippen molar-refractivity contribution in [2.24, 2.45) is 5.92 Å². The Morgan fingerprint density at radius 3 is 2.89 bits per heavy atom. The predicted octanol–water partition coefficient (Wildman–Crippen LogP) is 2.25. The SMILES string of the molecule is CCCCC1OC2COOOC2C1OCC(C)C. The highest BCUT2D eigenvalue weighted by Crippen LogP contribution is 2.32. The zero-order valence-corrected chi connectivity index (χ0v) is 11.5. The number of rotatable bonds is 6. The predicted molar refractivity (Wildman–Crippen MR) is 64.7 cm³/mol. The normalized spacial score (nSPS) is 36.0. The Hall–Kier alpha value is -0.200. The smallest absolute Gasteiger partial charge is 0.153 e. The molecule has 5 nitrogen and oxygen atoms in total. The van der Waals surface area contributed by atoms with Gasteiger partial charge in [-0.3, -0.25) is 0 Å². The fourth-order valence-electron chi connectivity index (χ4n) is 2.36. The molecule has 18 heavy (non-hydrogen) atoms. The maximum Gasteiger partial charge on any atom is 0.153 e. The highest BCUT2D eigenvalue weighted by Gasteiger charge is 2.49. The molecule has 0 aliphatic carbocycles. The third-order valence-electron chi connectivity index (χ3n) is 3.30. The third kappa shape index (κ3) is 3.42. The van der Waals surface area contributed by atoms with Crippen LogP contribution in [-0.4, -0.2) is 37.6 Å². The maximum absolute atomic E-state index is 5.96. The van der Waals surface area contributed by atoms with Crippen molar-refractivity contribution in [2.75, 3.05) is 13.2 Å². The molecule has 2 aliphatic heterocycles. The van der Waals surface area contributed by atoms with E-state index >= 15 is 0 Å². The maximum atomic E-state index is 5.96. The van der Waals surface area contributed by atoms with Crippen LogP contribution >= 0.6 is 0 Å². The highest BCUT2D eigenvalue weighted by molar-refractivity contribution is 4.93. The van der Waals surface area contributed by atoms with Crippen molar-refractivity contribution in [2.45, 2.75) is 64.4 Å². The van der Waals surface area contributed by atoms with Gasteiger partial charge in [-0.25, -0.2) is 4.89 Å². The third-order valence-corrected chi connectivity index (χ3v) is 3.30. The van der Waals surface area contributed by atoms with E-state index in [-0.39, 0.29) is 24.4 Å². The molecule has 2 rings (SSSR count). The number of ether oxygens (including phenoxy) is 2. The van der Waals surface area contributed by atoms with Crippen molar-refractivity contribution in [3.8, 4) is 0 Å². The van der Waals surface area contributed by atoms with Crippen LogP contribution in [0.1, 0.15) is 40.0 Å². The quantitative estimate of drug-likeness (QED) is 0.685. The van der Waals surface area contributed by atoms with Crippen molar-refractivity contribution in [1.82, 2.24) is 0 Å². The lowest BCUT2D eigenvalue weighted by Crippen LogP contribution is -2.42. The van der Waals surface area contributed by atoms with Crippen LogP contribution in [0.25, 0.3) is 0 Å². The Morgan fingerprint density at radius 1 is 1.33 bits per heavy atom. The van der Waals surface area contributed by atoms with Crippen LogP contribution in [0.5, 0.6) is 0 Å². The van der Waals surface area contributed by atoms with Gasteiger partial charge >= 0.3 is 0 Å².